The molecule has 0 atom stereocenters. The van der Waals surface area contributed by atoms with Crippen LogP contribution >= 0.6 is 11.6 Å². The van der Waals surface area contributed by atoms with E-state index in [4.69, 9.17) is 20.8 Å². The topological polar surface area (TPSA) is 64.7 Å². The Balaban J connectivity index is 1.38. The Morgan fingerprint density at radius 2 is 1.81 bits per heavy atom. The summed E-state index contributed by atoms with van der Waals surface area (Å²) in [5.41, 5.74) is 1.12. The summed E-state index contributed by atoms with van der Waals surface area (Å²) in [6, 6.07) is 14.5. The van der Waals surface area contributed by atoms with Gasteiger partial charge in [-0.3, -0.25) is 9.36 Å². The zero-order valence-electron chi connectivity index (χ0n) is 14.6. The van der Waals surface area contributed by atoms with Gasteiger partial charge in [0.15, 0.2) is 5.58 Å². The van der Waals surface area contributed by atoms with Gasteiger partial charge in [-0.2, -0.15) is 0 Å². The van der Waals surface area contributed by atoms with Crippen LogP contribution in [0.3, 0.4) is 0 Å². The molecule has 1 aliphatic heterocycles. The van der Waals surface area contributed by atoms with E-state index in [0.717, 1.165) is 12.8 Å². The predicted octanol–water partition coefficient (Wildman–Crippen LogP) is 3.32. The number of carbonyl (C=O) groups is 1. The monoisotopic (exact) mass is 386 g/mol. The van der Waals surface area contributed by atoms with Gasteiger partial charge in [0, 0.05) is 25.9 Å². The fourth-order valence-corrected chi connectivity index (χ4v) is 3.52. The first kappa shape index (κ1) is 17.7. The van der Waals surface area contributed by atoms with E-state index < -0.39 is 5.76 Å². The Bertz CT molecular complexity index is 1020. The van der Waals surface area contributed by atoms with Crippen LogP contribution in [0.2, 0.25) is 5.02 Å². The number of piperidine rings is 1. The molecule has 0 saturated carbocycles. The quantitative estimate of drug-likeness (QED) is 0.690. The number of para-hydroxylation sites is 3. The summed E-state index contributed by atoms with van der Waals surface area (Å²) in [6.07, 6.45) is 1.46. The van der Waals surface area contributed by atoms with Crippen molar-refractivity contribution in [2.45, 2.75) is 25.5 Å². The number of likely N-dealkylation sites (tertiary alicyclic amines) is 1. The summed E-state index contributed by atoms with van der Waals surface area (Å²) in [6.45, 7) is 1.14. The first-order valence-corrected chi connectivity index (χ1v) is 9.27. The van der Waals surface area contributed by atoms with Crippen LogP contribution in [-0.2, 0) is 11.3 Å². The maximum atomic E-state index is 12.6. The van der Waals surface area contributed by atoms with Gasteiger partial charge in [-0.1, -0.05) is 35.9 Å². The molecule has 2 heterocycles. The van der Waals surface area contributed by atoms with Crippen molar-refractivity contribution in [1.82, 2.24) is 9.47 Å². The minimum atomic E-state index is -0.513. The minimum absolute atomic E-state index is 0.0198. The molecule has 0 unspecified atom stereocenters. The molecule has 1 saturated heterocycles. The van der Waals surface area contributed by atoms with E-state index in [9.17, 15) is 9.59 Å². The van der Waals surface area contributed by atoms with E-state index in [1.165, 1.54) is 4.57 Å². The van der Waals surface area contributed by atoms with Crippen LogP contribution in [0.1, 0.15) is 12.8 Å². The Kier molecular flexibility index (Phi) is 4.90. The standard InChI is InChI=1S/C20H19ClN2O4/c21-15-5-1-3-7-17(15)26-14-9-11-22(12-10-14)19(24)13-23-16-6-2-4-8-18(16)27-20(23)25/h1-8,14H,9-13H2. The number of nitrogens with zero attached hydrogens (tertiary/aromatic N) is 2. The van der Waals surface area contributed by atoms with Gasteiger partial charge in [-0.05, 0) is 24.3 Å². The lowest BCUT2D eigenvalue weighted by atomic mass is 10.1. The van der Waals surface area contributed by atoms with Crippen molar-refractivity contribution in [2.75, 3.05) is 13.1 Å². The lowest BCUT2D eigenvalue weighted by Gasteiger charge is -2.32. The molecule has 0 spiro atoms. The summed E-state index contributed by atoms with van der Waals surface area (Å²) >= 11 is 6.13. The maximum absolute atomic E-state index is 12.6. The van der Waals surface area contributed by atoms with Crippen LogP contribution in [0.15, 0.2) is 57.7 Å². The van der Waals surface area contributed by atoms with E-state index in [1.807, 2.05) is 24.3 Å². The van der Waals surface area contributed by atoms with Crippen molar-refractivity contribution in [3.8, 4) is 5.75 Å². The van der Waals surface area contributed by atoms with Crippen molar-refractivity contribution in [2.24, 2.45) is 0 Å². The Labute approximate surface area is 160 Å². The summed E-state index contributed by atoms with van der Waals surface area (Å²) in [5, 5.41) is 0.585. The normalized spacial score (nSPS) is 15.2. The first-order chi connectivity index (χ1) is 13.1. The number of oxazole rings is 1. The molecule has 7 heteroatoms. The van der Waals surface area contributed by atoms with Crippen LogP contribution in [-0.4, -0.2) is 34.6 Å². The molecule has 1 amide bonds. The summed E-state index contributed by atoms with van der Waals surface area (Å²) in [4.78, 5) is 26.4. The lowest BCUT2D eigenvalue weighted by Crippen LogP contribution is -2.43. The van der Waals surface area contributed by atoms with Gasteiger partial charge >= 0.3 is 5.76 Å². The molecule has 4 rings (SSSR count). The van der Waals surface area contributed by atoms with Crippen LogP contribution < -0.4 is 10.5 Å². The molecule has 3 aromatic rings. The van der Waals surface area contributed by atoms with Crippen molar-refractivity contribution in [3.05, 3.63) is 64.1 Å². The maximum Gasteiger partial charge on any atom is 0.420 e. The molecule has 0 bridgehead atoms. The number of rotatable bonds is 4. The van der Waals surface area contributed by atoms with Crippen molar-refractivity contribution >= 4 is 28.6 Å². The second-order valence-corrected chi connectivity index (χ2v) is 6.96. The highest BCUT2D eigenvalue weighted by Gasteiger charge is 2.25. The van der Waals surface area contributed by atoms with Gasteiger partial charge in [0.2, 0.25) is 5.91 Å². The highest BCUT2D eigenvalue weighted by atomic mass is 35.5. The van der Waals surface area contributed by atoms with E-state index in [1.54, 1.807) is 29.2 Å². The Hall–Kier alpha value is -2.73. The Morgan fingerprint density at radius 3 is 2.59 bits per heavy atom. The van der Waals surface area contributed by atoms with Crippen molar-refractivity contribution in [3.63, 3.8) is 0 Å². The van der Waals surface area contributed by atoms with E-state index in [0.29, 0.717) is 35.0 Å². The number of hydrogen-bond donors (Lipinski definition) is 0. The number of benzene rings is 2. The molecule has 1 aromatic heterocycles. The molecule has 1 aliphatic rings. The van der Waals surface area contributed by atoms with Crippen LogP contribution in [0.5, 0.6) is 5.75 Å². The third-order valence-corrected chi connectivity index (χ3v) is 5.10. The number of hydrogen-bond acceptors (Lipinski definition) is 4. The summed E-state index contributed by atoms with van der Waals surface area (Å²) < 4.78 is 12.5. The zero-order chi connectivity index (χ0) is 18.8. The van der Waals surface area contributed by atoms with Gasteiger partial charge in [-0.25, -0.2) is 4.79 Å². The molecule has 2 aromatic carbocycles. The third kappa shape index (κ3) is 3.71. The number of halogens is 1. The smallest absolute Gasteiger partial charge is 0.420 e. The molecule has 140 valence electrons. The number of fused-ring (bicyclic) bond motifs is 1. The van der Waals surface area contributed by atoms with Crippen LogP contribution in [0.25, 0.3) is 11.1 Å². The van der Waals surface area contributed by atoms with E-state index >= 15 is 0 Å². The SMILES string of the molecule is O=C(Cn1c(=O)oc2ccccc21)N1CCC(Oc2ccccc2Cl)CC1. The number of aromatic nitrogens is 1. The summed E-state index contributed by atoms with van der Waals surface area (Å²) in [5.74, 6) is 0.0571. The van der Waals surface area contributed by atoms with Crippen molar-refractivity contribution < 1.29 is 13.9 Å². The molecule has 0 N–H and O–H groups in total. The fourth-order valence-electron chi connectivity index (χ4n) is 3.34. The number of carbonyl (C=O) groups excluding carboxylic acids is 1. The zero-order valence-corrected chi connectivity index (χ0v) is 15.4. The van der Waals surface area contributed by atoms with Gasteiger partial charge in [0.1, 0.15) is 18.4 Å². The molecular formula is C20H19ClN2O4. The Morgan fingerprint density at radius 1 is 1.11 bits per heavy atom. The van der Waals surface area contributed by atoms with Gasteiger partial charge < -0.3 is 14.1 Å². The van der Waals surface area contributed by atoms with Gasteiger partial charge in [-0.15, -0.1) is 0 Å². The highest BCUT2D eigenvalue weighted by molar-refractivity contribution is 6.32. The van der Waals surface area contributed by atoms with Gasteiger partial charge in [0.05, 0.1) is 10.5 Å². The first-order valence-electron chi connectivity index (χ1n) is 8.89. The largest absolute Gasteiger partial charge is 0.489 e. The molecule has 6 nitrogen and oxygen atoms in total. The lowest BCUT2D eigenvalue weighted by molar-refractivity contribution is -0.133. The molecule has 0 radical (unpaired) electrons. The number of ether oxygens (including phenoxy) is 1. The fraction of sp³-hybridized carbons (Fsp3) is 0.300. The number of amides is 1. The average Bonchev–Trinajstić information content (AvgIpc) is 2.99. The second kappa shape index (κ2) is 7.48. The second-order valence-electron chi connectivity index (χ2n) is 6.55. The summed E-state index contributed by atoms with van der Waals surface area (Å²) in [7, 11) is 0. The molecule has 0 aliphatic carbocycles. The van der Waals surface area contributed by atoms with Gasteiger partial charge in [0.25, 0.3) is 0 Å². The van der Waals surface area contributed by atoms with E-state index in [2.05, 4.69) is 0 Å². The van der Waals surface area contributed by atoms with Crippen molar-refractivity contribution in [1.29, 1.82) is 0 Å². The molecular weight excluding hydrogens is 368 g/mol. The highest BCUT2D eigenvalue weighted by Crippen LogP contribution is 2.26. The van der Waals surface area contributed by atoms with Crippen LogP contribution in [0, 0.1) is 0 Å². The van der Waals surface area contributed by atoms with E-state index in [-0.39, 0.29) is 18.6 Å². The third-order valence-electron chi connectivity index (χ3n) is 4.79. The molecule has 1 fully saturated rings. The predicted molar refractivity (Wildman–Crippen MR) is 102 cm³/mol. The van der Waals surface area contributed by atoms with Crippen LogP contribution in [0.4, 0.5) is 0 Å². The molecule has 27 heavy (non-hydrogen) atoms. The average molecular weight is 387 g/mol. The minimum Gasteiger partial charge on any atom is -0.489 e.